The Hall–Kier alpha value is -2.09. The molecular weight excluding hydrogens is 294 g/mol. The summed E-state index contributed by atoms with van der Waals surface area (Å²) in [5, 5.41) is 16.1. The number of carboxylic acids is 1. The predicted octanol–water partition coefficient (Wildman–Crippen LogP) is 0.275. The van der Waals surface area contributed by atoms with Crippen molar-refractivity contribution in [2.45, 2.75) is 18.9 Å². The average molecular weight is 311 g/mol. The van der Waals surface area contributed by atoms with Crippen molar-refractivity contribution in [2.24, 2.45) is 0 Å². The van der Waals surface area contributed by atoms with Crippen LogP contribution in [0, 0.1) is 0 Å². The predicted molar refractivity (Wildman–Crippen MR) is 77.2 cm³/mol. The van der Waals surface area contributed by atoms with Crippen LogP contribution in [0.3, 0.4) is 0 Å². The second-order valence-electron chi connectivity index (χ2n) is 4.66. The lowest BCUT2D eigenvalue weighted by molar-refractivity contribution is -0.142. The number of hydrogen-bond acceptors (Lipinski definition) is 4. The molecule has 1 aromatic heterocycles. The molecule has 8 heteroatoms. The molecule has 7 nitrogen and oxygen atoms in total. The van der Waals surface area contributed by atoms with Crippen LogP contribution in [0.15, 0.2) is 17.5 Å². The molecule has 0 bridgehead atoms. The molecule has 2 rings (SSSR count). The van der Waals surface area contributed by atoms with Crippen molar-refractivity contribution < 1.29 is 19.5 Å². The minimum Gasteiger partial charge on any atom is -0.481 e. The first-order valence-corrected chi connectivity index (χ1v) is 7.52. The Morgan fingerprint density at radius 3 is 3.00 bits per heavy atom. The number of carbonyl (C=O) groups excluding carboxylic acids is 2. The molecule has 1 fully saturated rings. The molecule has 3 amide bonds. The highest BCUT2D eigenvalue weighted by Crippen LogP contribution is 2.10. The summed E-state index contributed by atoms with van der Waals surface area (Å²) in [7, 11) is 0. The third-order valence-corrected chi connectivity index (χ3v) is 4.12. The van der Waals surface area contributed by atoms with Gasteiger partial charge in [-0.3, -0.25) is 9.59 Å². The number of urea groups is 1. The lowest BCUT2D eigenvalue weighted by Crippen LogP contribution is -2.60. The van der Waals surface area contributed by atoms with Gasteiger partial charge in [0.2, 0.25) is 5.91 Å². The van der Waals surface area contributed by atoms with Crippen LogP contribution in [-0.4, -0.2) is 53.6 Å². The van der Waals surface area contributed by atoms with Crippen molar-refractivity contribution in [1.82, 2.24) is 15.5 Å². The minimum absolute atomic E-state index is 0.314. The molecule has 1 aliphatic rings. The van der Waals surface area contributed by atoms with Gasteiger partial charge in [0.1, 0.15) is 6.04 Å². The van der Waals surface area contributed by atoms with Crippen LogP contribution in [0.5, 0.6) is 0 Å². The molecule has 3 N–H and O–H groups in total. The zero-order valence-electron chi connectivity index (χ0n) is 11.4. The standard InChI is InChI=1S/C13H17N3O4S/c17-11(18)8-10-12(19)14-5-6-16(10)13(20)15-4-3-9-2-1-7-21-9/h1-2,7,10H,3-6,8H2,(H,14,19)(H,15,20)(H,17,18). The van der Waals surface area contributed by atoms with Gasteiger partial charge in [0, 0.05) is 24.5 Å². The maximum absolute atomic E-state index is 12.1. The van der Waals surface area contributed by atoms with Gasteiger partial charge in [0.25, 0.3) is 0 Å². The minimum atomic E-state index is -1.10. The normalized spacial score (nSPS) is 18.2. The van der Waals surface area contributed by atoms with E-state index >= 15 is 0 Å². The Bertz CT molecular complexity index is 517. The van der Waals surface area contributed by atoms with Crippen molar-refractivity contribution in [3.05, 3.63) is 22.4 Å². The zero-order chi connectivity index (χ0) is 15.2. The molecule has 0 aliphatic carbocycles. The van der Waals surface area contributed by atoms with Gasteiger partial charge in [-0.2, -0.15) is 0 Å². The largest absolute Gasteiger partial charge is 0.481 e. The first-order valence-electron chi connectivity index (χ1n) is 6.64. The summed E-state index contributed by atoms with van der Waals surface area (Å²) in [6.45, 7) is 1.11. The van der Waals surface area contributed by atoms with Crippen LogP contribution in [0.4, 0.5) is 4.79 Å². The molecule has 0 spiro atoms. The first kappa shape index (κ1) is 15.3. The topological polar surface area (TPSA) is 98.7 Å². The number of amides is 3. The van der Waals surface area contributed by atoms with E-state index in [1.807, 2.05) is 17.5 Å². The second-order valence-corrected chi connectivity index (χ2v) is 5.69. The Morgan fingerprint density at radius 1 is 1.52 bits per heavy atom. The summed E-state index contributed by atoms with van der Waals surface area (Å²) < 4.78 is 0. The van der Waals surface area contributed by atoms with Gasteiger partial charge < -0.3 is 20.6 Å². The summed E-state index contributed by atoms with van der Waals surface area (Å²) in [6.07, 6.45) is 0.331. The van der Waals surface area contributed by atoms with E-state index in [1.165, 1.54) is 4.90 Å². The summed E-state index contributed by atoms with van der Waals surface area (Å²) in [5.41, 5.74) is 0. The van der Waals surface area contributed by atoms with Gasteiger partial charge in [0.15, 0.2) is 0 Å². The molecule has 0 radical (unpaired) electrons. The Kier molecular flexibility index (Phi) is 5.15. The summed E-state index contributed by atoms with van der Waals surface area (Å²) in [6, 6.07) is 2.59. The molecule has 1 aliphatic heterocycles. The number of piperazine rings is 1. The van der Waals surface area contributed by atoms with Crippen molar-refractivity contribution in [3.8, 4) is 0 Å². The Morgan fingerprint density at radius 2 is 2.33 bits per heavy atom. The average Bonchev–Trinajstić information content (AvgIpc) is 2.93. The lowest BCUT2D eigenvalue weighted by Gasteiger charge is -2.34. The number of aliphatic carboxylic acids is 1. The van der Waals surface area contributed by atoms with Crippen molar-refractivity contribution in [1.29, 1.82) is 0 Å². The number of nitrogens with zero attached hydrogens (tertiary/aromatic N) is 1. The monoisotopic (exact) mass is 311 g/mol. The molecule has 1 aromatic rings. The molecule has 1 unspecified atom stereocenters. The quantitative estimate of drug-likeness (QED) is 0.727. The van der Waals surface area contributed by atoms with E-state index in [4.69, 9.17) is 5.11 Å². The van der Waals surface area contributed by atoms with E-state index in [9.17, 15) is 14.4 Å². The van der Waals surface area contributed by atoms with Gasteiger partial charge in [-0.05, 0) is 17.9 Å². The molecule has 2 heterocycles. The first-order chi connectivity index (χ1) is 10.1. The molecule has 0 aromatic carbocycles. The van der Waals surface area contributed by atoms with Crippen molar-refractivity contribution >= 4 is 29.2 Å². The van der Waals surface area contributed by atoms with Crippen LogP contribution in [-0.2, 0) is 16.0 Å². The van der Waals surface area contributed by atoms with Crippen molar-refractivity contribution in [3.63, 3.8) is 0 Å². The molecule has 21 heavy (non-hydrogen) atoms. The van der Waals surface area contributed by atoms with Crippen LogP contribution >= 0.6 is 11.3 Å². The summed E-state index contributed by atoms with van der Waals surface area (Å²) in [5.74, 6) is -1.52. The number of carboxylic acid groups (broad SMARTS) is 1. The van der Waals surface area contributed by atoms with E-state index in [0.29, 0.717) is 26.1 Å². The molecule has 114 valence electrons. The maximum Gasteiger partial charge on any atom is 0.318 e. The maximum atomic E-state index is 12.1. The third-order valence-electron chi connectivity index (χ3n) is 3.19. The van der Waals surface area contributed by atoms with Crippen LogP contribution < -0.4 is 10.6 Å². The fourth-order valence-corrected chi connectivity index (χ4v) is 2.88. The second kappa shape index (κ2) is 7.07. The summed E-state index contributed by atoms with van der Waals surface area (Å²) in [4.78, 5) is 37.1. The van der Waals surface area contributed by atoms with Crippen LogP contribution in [0.1, 0.15) is 11.3 Å². The Labute approximate surface area is 125 Å². The van der Waals surface area contributed by atoms with Crippen LogP contribution in [0.25, 0.3) is 0 Å². The molecule has 1 saturated heterocycles. The fourth-order valence-electron chi connectivity index (χ4n) is 2.18. The van der Waals surface area contributed by atoms with Gasteiger partial charge in [-0.25, -0.2) is 4.79 Å². The zero-order valence-corrected chi connectivity index (χ0v) is 12.2. The number of thiophene rings is 1. The highest BCUT2D eigenvalue weighted by atomic mass is 32.1. The highest BCUT2D eigenvalue weighted by Gasteiger charge is 2.34. The van der Waals surface area contributed by atoms with E-state index < -0.39 is 23.9 Å². The molecule has 1 atom stereocenters. The smallest absolute Gasteiger partial charge is 0.318 e. The SMILES string of the molecule is O=C(O)CC1C(=O)NCCN1C(=O)NCCc1cccs1. The van der Waals surface area contributed by atoms with Gasteiger partial charge in [0.05, 0.1) is 6.42 Å². The van der Waals surface area contributed by atoms with Gasteiger partial charge in [-0.15, -0.1) is 11.3 Å². The van der Waals surface area contributed by atoms with Crippen LogP contribution in [0.2, 0.25) is 0 Å². The summed E-state index contributed by atoms with van der Waals surface area (Å²) >= 11 is 1.61. The highest BCUT2D eigenvalue weighted by molar-refractivity contribution is 7.09. The van der Waals surface area contributed by atoms with Crippen molar-refractivity contribution in [2.75, 3.05) is 19.6 Å². The number of carbonyl (C=O) groups is 3. The van der Waals surface area contributed by atoms with E-state index in [-0.39, 0.29) is 6.42 Å². The van der Waals surface area contributed by atoms with Gasteiger partial charge >= 0.3 is 12.0 Å². The number of hydrogen-bond donors (Lipinski definition) is 3. The van der Waals surface area contributed by atoms with E-state index in [0.717, 1.165) is 4.88 Å². The Balaban J connectivity index is 1.88. The lowest BCUT2D eigenvalue weighted by atomic mass is 10.1. The van der Waals surface area contributed by atoms with E-state index in [1.54, 1.807) is 11.3 Å². The van der Waals surface area contributed by atoms with Gasteiger partial charge in [-0.1, -0.05) is 6.07 Å². The fraction of sp³-hybridized carbons (Fsp3) is 0.462. The number of nitrogens with one attached hydrogen (secondary N) is 2. The number of rotatable bonds is 5. The molecular formula is C13H17N3O4S. The third kappa shape index (κ3) is 4.19. The van der Waals surface area contributed by atoms with E-state index in [2.05, 4.69) is 10.6 Å². The molecule has 0 saturated carbocycles.